The van der Waals surface area contributed by atoms with E-state index in [-0.39, 0.29) is 42.1 Å². The number of benzene rings is 2. The van der Waals surface area contributed by atoms with Crippen LogP contribution in [-0.2, 0) is 25.9 Å². The second-order valence-electron chi connectivity index (χ2n) is 9.13. The van der Waals surface area contributed by atoms with Crippen LogP contribution in [0.5, 0.6) is 0 Å². The Bertz CT molecular complexity index is 1120. The maximum Gasteiger partial charge on any atom is 0.408 e. The molecule has 11 heteroatoms. The Kier molecular flexibility index (Phi) is 9.68. The number of nitrogens with two attached hydrogens (primary N) is 1. The van der Waals surface area contributed by atoms with E-state index < -0.39 is 22.2 Å². The van der Waals surface area contributed by atoms with Crippen molar-refractivity contribution in [3.8, 4) is 0 Å². The van der Waals surface area contributed by atoms with Crippen molar-refractivity contribution in [1.82, 2.24) is 9.62 Å². The monoisotopic (exact) mass is 518 g/mol. The van der Waals surface area contributed by atoms with E-state index in [1.54, 1.807) is 0 Å². The highest BCUT2D eigenvalue weighted by atomic mass is 32.2. The summed E-state index contributed by atoms with van der Waals surface area (Å²) < 4.78 is 38.9. The average Bonchev–Trinajstić information content (AvgIpc) is 3.35. The Hall–Kier alpha value is -3.15. The molecule has 0 spiro atoms. The van der Waals surface area contributed by atoms with E-state index in [0.717, 1.165) is 5.56 Å². The lowest BCUT2D eigenvalue weighted by atomic mass is 10.0. The molecule has 0 saturated carbocycles. The predicted molar refractivity (Wildman–Crippen MR) is 136 cm³/mol. The number of nitrogens with one attached hydrogen (secondary N) is 1. The van der Waals surface area contributed by atoms with E-state index in [1.807, 2.05) is 44.2 Å². The van der Waals surface area contributed by atoms with E-state index in [4.69, 9.17) is 15.2 Å². The minimum Gasteiger partial charge on any atom is -0.444 e. The van der Waals surface area contributed by atoms with Gasteiger partial charge in [-0.1, -0.05) is 49.3 Å². The number of ether oxygens (including phenoxy) is 2. The summed E-state index contributed by atoms with van der Waals surface area (Å²) in [6.07, 6.45) is -0.183. The molecule has 2 atom stereocenters. The number of carbonyl (C=O) groups excluding carboxylic acids is 1. The number of amides is 1. The van der Waals surface area contributed by atoms with Gasteiger partial charge in [0.2, 0.25) is 10.0 Å². The van der Waals surface area contributed by atoms with Crippen LogP contribution in [0.3, 0.4) is 0 Å². The third kappa shape index (κ3) is 7.67. The highest BCUT2D eigenvalue weighted by molar-refractivity contribution is 7.89. The van der Waals surface area contributed by atoms with Crippen LogP contribution in [-0.4, -0.2) is 68.2 Å². The molecule has 1 aliphatic heterocycles. The van der Waals surface area contributed by atoms with Crippen molar-refractivity contribution in [3.63, 3.8) is 0 Å². The van der Waals surface area contributed by atoms with Gasteiger partial charge in [0.25, 0.3) is 0 Å². The number of alkyl carbamates (subject to hydrolysis) is 1. The van der Waals surface area contributed by atoms with Gasteiger partial charge in [0.1, 0.15) is 6.10 Å². The molecule has 1 aliphatic rings. The zero-order valence-electron chi connectivity index (χ0n) is 20.5. The number of carbonyl (C=O) groups is 1. The molecular weight excluding hydrogens is 484 g/mol. The summed E-state index contributed by atoms with van der Waals surface area (Å²) in [4.78, 5) is 12.7. The maximum absolute atomic E-state index is 13.5. The summed E-state index contributed by atoms with van der Waals surface area (Å²) >= 11 is 0. The van der Waals surface area contributed by atoms with Gasteiger partial charge < -0.3 is 25.7 Å². The molecule has 0 radical (unpaired) electrons. The fourth-order valence-electron chi connectivity index (χ4n) is 3.87. The average molecular weight is 519 g/mol. The first-order valence-electron chi connectivity index (χ1n) is 11.8. The van der Waals surface area contributed by atoms with Crippen LogP contribution in [0.1, 0.15) is 25.8 Å². The van der Waals surface area contributed by atoms with Gasteiger partial charge in [0, 0.05) is 18.7 Å². The van der Waals surface area contributed by atoms with Gasteiger partial charge in [-0.2, -0.15) is 4.31 Å². The van der Waals surface area contributed by atoms with E-state index in [0.29, 0.717) is 25.3 Å². The van der Waals surface area contributed by atoms with E-state index in [2.05, 4.69) is 10.5 Å². The number of hydrogen-bond donors (Lipinski definition) is 3. The number of sulfonamides is 1. The molecule has 0 unspecified atom stereocenters. The zero-order chi connectivity index (χ0) is 26.1. The van der Waals surface area contributed by atoms with Crippen molar-refractivity contribution >= 4 is 27.5 Å². The Morgan fingerprint density at radius 1 is 1.22 bits per heavy atom. The van der Waals surface area contributed by atoms with Gasteiger partial charge in [0.05, 0.1) is 36.4 Å². The van der Waals surface area contributed by atoms with Gasteiger partial charge in [-0.05, 0) is 42.2 Å². The lowest BCUT2D eigenvalue weighted by molar-refractivity contribution is 0.0821. The Morgan fingerprint density at radius 2 is 1.92 bits per heavy atom. The molecule has 10 nitrogen and oxygen atoms in total. The van der Waals surface area contributed by atoms with Crippen LogP contribution in [0, 0.1) is 5.92 Å². The Morgan fingerprint density at radius 3 is 2.50 bits per heavy atom. The standard InChI is InChI=1S/C25H34N4O6S/c1-18(2)15-29(36(32,33)22-10-8-20(26)9-11-22)16-24(28-31)23(14-19-6-4-3-5-7-19)27-25(30)35-21-12-13-34-17-21/h3-11,18,21,23,31H,12-17,26H2,1-2H3,(H,27,30)/t21-,23-/m0/s1. The molecule has 1 fully saturated rings. The molecule has 1 amide bonds. The van der Waals surface area contributed by atoms with E-state index in [9.17, 15) is 18.4 Å². The van der Waals surface area contributed by atoms with Crippen molar-refractivity contribution in [2.45, 2.75) is 43.7 Å². The Balaban J connectivity index is 1.86. The number of hydrogen-bond acceptors (Lipinski definition) is 8. The molecule has 0 aliphatic carbocycles. The largest absolute Gasteiger partial charge is 0.444 e. The Labute approximate surface area is 212 Å². The third-order valence-corrected chi connectivity index (χ3v) is 7.52. The van der Waals surface area contributed by atoms with Crippen LogP contribution in [0.15, 0.2) is 64.6 Å². The van der Waals surface area contributed by atoms with Gasteiger partial charge >= 0.3 is 6.09 Å². The molecule has 2 aromatic carbocycles. The van der Waals surface area contributed by atoms with Crippen molar-refractivity contribution in [2.24, 2.45) is 11.1 Å². The topological polar surface area (TPSA) is 144 Å². The number of anilines is 1. The number of nitrogens with zero attached hydrogens (tertiary/aromatic N) is 2. The summed E-state index contributed by atoms with van der Waals surface area (Å²) in [7, 11) is -3.95. The SMILES string of the molecule is CC(C)CN(CC(=NO)[C@H](Cc1ccccc1)NC(=O)O[C@H]1CCOC1)S(=O)(=O)c1ccc(N)cc1. The summed E-state index contributed by atoms with van der Waals surface area (Å²) in [5.74, 6) is -0.0126. The number of oxime groups is 1. The van der Waals surface area contributed by atoms with Crippen LogP contribution >= 0.6 is 0 Å². The quantitative estimate of drug-likeness (QED) is 0.180. The third-order valence-electron chi connectivity index (χ3n) is 5.69. The van der Waals surface area contributed by atoms with E-state index in [1.165, 1.54) is 28.6 Å². The van der Waals surface area contributed by atoms with Gasteiger partial charge in [0.15, 0.2) is 0 Å². The van der Waals surface area contributed by atoms with Crippen LogP contribution < -0.4 is 11.1 Å². The second-order valence-corrected chi connectivity index (χ2v) is 11.1. The zero-order valence-corrected chi connectivity index (χ0v) is 21.4. The summed E-state index contributed by atoms with van der Waals surface area (Å²) in [6, 6.07) is 14.4. The van der Waals surface area contributed by atoms with Crippen molar-refractivity contribution in [1.29, 1.82) is 0 Å². The van der Waals surface area contributed by atoms with Gasteiger partial charge in [-0.25, -0.2) is 13.2 Å². The number of rotatable bonds is 11. The van der Waals surface area contributed by atoms with Crippen molar-refractivity contribution in [3.05, 3.63) is 60.2 Å². The fourth-order valence-corrected chi connectivity index (χ4v) is 5.45. The molecule has 36 heavy (non-hydrogen) atoms. The van der Waals surface area contributed by atoms with Gasteiger partial charge in [-0.15, -0.1) is 0 Å². The van der Waals surface area contributed by atoms with Crippen LogP contribution in [0.2, 0.25) is 0 Å². The highest BCUT2D eigenvalue weighted by Gasteiger charge is 2.31. The first-order valence-corrected chi connectivity index (χ1v) is 13.3. The molecule has 2 aromatic rings. The summed E-state index contributed by atoms with van der Waals surface area (Å²) in [5, 5.41) is 16.2. The normalized spacial score (nSPS) is 17.3. The maximum atomic E-state index is 13.5. The van der Waals surface area contributed by atoms with Crippen molar-refractivity contribution < 1.29 is 27.9 Å². The molecule has 1 heterocycles. The smallest absolute Gasteiger partial charge is 0.408 e. The lowest BCUT2D eigenvalue weighted by Gasteiger charge is -2.27. The molecule has 4 N–H and O–H groups in total. The molecule has 196 valence electrons. The molecule has 1 saturated heterocycles. The first kappa shape index (κ1) is 27.4. The van der Waals surface area contributed by atoms with Crippen LogP contribution in [0.4, 0.5) is 10.5 Å². The minimum absolute atomic E-state index is 0.0126. The summed E-state index contributed by atoms with van der Waals surface area (Å²) in [6.45, 7) is 4.56. The fraction of sp³-hybridized carbons (Fsp3) is 0.440. The molecule has 0 aromatic heterocycles. The second kappa shape index (κ2) is 12.7. The minimum atomic E-state index is -3.95. The van der Waals surface area contributed by atoms with Crippen LogP contribution in [0.25, 0.3) is 0 Å². The van der Waals surface area contributed by atoms with Crippen molar-refractivity contribution in [2.75, 3.05) is 32.0 Å². The van der Waals surface area contributed by atoms with Gasteiger partial charge in [-0.3, -0.25) is 0 Å². The molecule has 3 rings (SSSR count). The predicted octanol–water partition coefficient (Wildman–Crippen LogP) is 2.87. The molecule has 0 bridgehead atoms. The van der Waals surface area contributed by atoms with E-state index >= 15 is 0 Å². The molecular formula is C25H34N4O6S. The lowest BCUT2D eigenvalue weighted by Crippen LogP contribution is -2.49. The number of nitrogen functional groups attached to an aromatic ring is 1. The highest BCUT2D eigenvalue weighted by Crippen LogP contribution is 2.20. The summed E-state index contributed by atoms with van der Waals surface area (Å²) in [5.41, 5.74) is 7.12. The first-order chi connectivity index (χ1) is 17.2.